The third kappa shape index (κ3) is 5.51. The topological polar surface area (TPSA) is 87.5 Å². The lowest BCUT2D eigenvalue weighted by Gasteiger charge is -2.26. The zero-order valence-corrected chi connectivity index (χ0v) is 23.9. The number of hydrogen-bond donors (Lipinski definition) is 2. The van der Waals surface area contributed by atoms with Gasteiger partial charge in [0.25, 0.3) is 0 Å². The monoisotopic (exact) mass is 533 g/mol. The summed E-state index contributed by atoms with van der Waals surface area (Å²) in [6, 6.07) is 7.88. The minimum absolute atomic E-state index is 0.295. The van der Waals surface area contributed by atoms with Gasteiger partial charge in [-0.15, -0.1) is 11.3 Å². The molecule has 0 bridgehead atoms. The number of carbonyl (C=O) groups excluding carboxylic acids is 1. The van der Waals surface area contributed by atoms with E-state index in [1.54, 1.807) is 24.6 Å². The van der Waals surface area contributed by atoms with Crippen molar-refractivity contribution in [2.75, 3.05) is 56.9 Å². The fraction of sp³-hybridized carbons (Fsp3) is 0.321. The van der Waals surface area contributed by atoms with Crippen molar-refractivity contribution in [2.45, 2.75) is 13.8 Å². The van der Waals surface area contributed by atoms with E-state index in [-0.39, 0.29) is 5.91 Å². The van der Waals surface area contributed by atoms with Crippen LogP contribution in [0, 0.1) is 13.8 Å². The highest BCUT2D eigenvalue weighted by molar-refractivity contribution is 7.18. The third-order valence-electron chi connectivity index (χ3n) is 6.49. The molecule has 0 aliphatic rings. The molecule has 0 unspecified atom stereocenters. The molecule has 0 saturated heterocycles. The Morgan fingerprint density at radius 3 is 2.63 bits per heavy atom. The average molecular weight is 534 g/mol. The van der Waals surface area contributed by atoms with Crippen LogP contribution in [0.5, 0.6) is 5.75 Å². The molecule has 0 fully saturated rings. The molecule has 9 nitrogen and oxygen atoms in total. The van der Waals surface area contributed by atoms with Gasteiger partial charge >= 0.3 is 0 Å². The van der Waals surface area contributed by atoms with Crippen molar-refractivity contribution in [3.05, 3.63) is 53.7 Å². The minimum Gasteiger partial charge on any atom is -0.494 e. The largest absolute Gasteiger partial charge is 0.494 e. The second-order valence-corrected chi connectivity index (χ2v) is 10.7. The van der Waals surface area contributed by atoms with Crippen LogP contribution in [0.4, 0.5) is 23.0 Å². The highest BCUT2D eigenvalue weighted by atomic mass is 32.1. The molecule has 3 heterocycles. The van der Waals surface area contributed by atoms with Gasteiger partial charge < -0.3 is 29.7 Å². The van der Waals surface area contributed by atoms with E-state index < -0.39 is 0 Å². The number of rotatable bonds is 10. The van der Waals surface area contributed by atoms with E-state index in [9.17, 15) is 4.79 Å². The van der Waals surface area contributed by atoms with Crippen LogP contribution in [0.3, 0.4) is 0 Å². The highest BCUT2D eigenvalue weighted by Gasteiger charge is 2.19. The lowest BCUT2D eigenvalue weighted by molar-refractivity contribution is -0.111. The number of amides is 1. The van der Waals surface area contributed by atoms with Gasteiger partial charge in [-0.3, -0.25) is 4.79 Å². The van der Waals surface area contributed by atoms with Crippen LogP contribution in [0.15, 0.2) is 43.1 Å². The van der Waals surface area contributed by atoms with E-state index in [1.807, 2.05) is 39.3 Å². The number of thiophene rings is 1. The van der Waals surface area contributed by atoms with Gasteiger partial charge in [0.15, 0.2) is 0 Å². The van der Waals surface area contributed by atoms with Gasteiger partial charge in [-0.05, 0) is 52.2 Å². The van der Waals surface area contributed by atoms with Crippen LogP contribution in [0.2, 0.25) is 0 Å². The first-order chi connectivity index (χ1) is 18.1. The smallest absolute Gasteiger partial charge is 0.247 e. The Morgan fingerprint density at radius 2 is 1.95 bits per heavy atom. The summed E-state index contributed by atoms with van der Waals surface area (Å²) in [7, 11) is 9.73. The first-order valence-electron chi connectivity index (χ1n) is 12.3. The molecule has 10 heteroatoms. The van der Waals surface area contributed by atoms with Gasteiger partial charge in [0.05, 0.1) is 29.9 Å². The predicted molar refractivity (Wildman–Crippen MR) is 158 cm³/mol. The van der Waals surface area contributed by atoms with Gasteiger partial charge in [0.2, 0.25) is 11.9 Å². The molecule has 0 saturated carbocycles. The Labute approximate surface area is 227 Å². The number of aryl methyl sites for hydroxylation is 2. The van der Waals surface area contributed by atoms with Crippen molar-refractivity contribution in [3.63, 3.8) is 0 Å². The number of likely N-dealkylation sites (N-methyl/N-ethyl adjacent to an activating group) is 2. The first-order valence-corrected chi connectivity index (χ1v) is 13.1. The van der Waals surface area contributed by atoms with Crippen molar-refractivity contribution in [1.29, 1.82) is 0 Å². The number of methoxy groups -OCH3 is 1. The summed E-state index contributed by atoms with van der Waals surface area (Å²) in [5.41, 5.74) is 5.17. The fourth-order valence-electron chi connectivity index (χ4n) is 4.35. The van der Waals surface area contributed by atoms with Crippen molar-refractivity contribution in [1.82, 2.24) is 19.4 Å². The van der Waals surface area contributed by atoms with Gasteiger partial charge in [0, 0.05) is 61.0 Å². The number of nitrogens with one attached hydrogen (secondary N) is 2. The molecule has 0 spiro atoms. The number of benzene rings is 1. The van der Waals surface area contributed by atoms with E-state index in [2.05, 4.69) is 63.5 Å². The third-order valence-corrected chi connectivity index (χ3v) is 7.61. The number of nitrogens with zero attached hydrogens (tertiary/aromatic N) is 5. The molecule has 38 heavy (non-hydrogen) atoms. The molecule has 0 aliphatic heterocycles. The van der Waals surface area contributed by atoms with E-state index in [1.165, 1.54) is 21.2 Å². The average Bonchev–Trinajstić information content (AvgIpc) is 3.37. The van der Waals surface area contributed by atoms with Crippen LogP contribution >= 0.6 is 11.3 Å². The van der Waals surface area contributed by atoms with Crippen molar-refractivity contribution >= 4 is 50.5 Å². The van der Waals surface area contributed by atoms with E-state index in [0.717, 1.165) is 35.7 Å². The number of aromatic nitrogens is 3. The summed E-state index contributed by atoms with van der Waals surface area (Å²) in [6.07, 6.45) is 3.00. The minimum atomic E-state index is -0.295. The fourth-order valence-corrected chi connectivity index (χ4v) is 5.38. The van der Waals surface area contributed by atoms with Crippen molar-refractivity contribution in [3.8, 4) is 17.0 Å². The van der Waals surface area contributed by atoms with E-state index in [4.69, 9.17) is 9.72 Å². The van der Waals surface area contributed by atoms with Gasteiger partial charge in [0.1, 0.15) is 10.6 Å². The zero-order valence-electron chi connectivity index (χ0n) is 23.0. The highest BCUT2D eigenvalue weighted by Crippen LogP contribution is 2.40. The second-order valence-electron chi connectivity index (χ2n) is 9.47. The lowest BCUT2D eigenvalue weighted by atomic mass is 10.1. The molecule has 1 aromatic carbocycles. The number of fused-ring (bicyclic) bond motifs is 1. The molecule has 4 rings (SSSR count). The molecule has 4 aromatic rings. The van der Waals surface area contributed by atoms with Crippen LogP contribution in [0.25, 0.3) is 21.5 Å². The molecule has 1 amide bonds. The SMILES string of the molecule is C=CC(=O)Nc1cc(Nc2nccc(-c3c(C)n(C)c4sc(C)cc34)n2)c(OC)cc1N(C)CCN(C)C. The number of ether oxygens (including phenoxy) is 1. The van der Waals surface area contributed by atoms with Crippen LogP contribution in [-0.4, -0.2) is 66.7 Å². The number of carbonyl (C=O) groups is 1. The molecular formula is C28H35N7O2S. The zero-order chi connectivity index (χ0) is 27.6. The Hall–Kier alpha value is -3.89. The van der Waals surface area contributed by atoms with Crippen LogP contribution in [-0.2, 0) is 11.8 Å². The molecule has 0 aliphatic carbocycles. The Balaban J connectivity index is 1.73. The summed E-state index contributed by atoms with van der Waals surface area (Å²) in [4.78, 5) is 28.2. The summed E-state index contributed by atoms with van der Waals surface area (Å²) in [5, 5.41) is 7.42. The first kappa shape index (κ1) is 27.2. The standard InChI is InChI=1S/C28H35N7O2S/c1-9-25(36)30-21-15-22(24(37-8)16-23(21)34(6)13-12-33(4)5)32-28-29-11-10-20(31-28)26-18(3)35(7)27-19(26)14-17(2)38-27/h9-11,14-16H,1,12-13H2,2-8H3,(H,30,36)(H,29,31,32). The summed E-state index contributed by atoms with van der Waals surface area (Å²) < 4.78 is 7.94. The van der Waals surface area contributed by atoms with Crippen molar-refractivity contribution < 1.29 is 9.53 Å². The van der Waals surface area contributed by atoms with Crippen LogP contribution < -0.4 is 20.3 Å². The molecule has 200 valence electrons. The van der Waals surface area contributed by atoms with E-state index >= 15 is 0 Å². The summed E-state index contributed by atoms with van der Waals surface area (Å²) >= 11 is 1.78. The maximum atomic E-state index is 12.3. The Bertz CT molecular complexity index is 1490. The second kappa shape index (κ2) is 11.2. The molecule has 0 atom stereocenters. The summed E-state index contributed by atoms with van der Waals surface area (Å²) in [5.74, 6) is 0.740. The maximum absolute atomic E-state index is 12.3. The Morgan fingerprint density at radius 1 is 1.18 bits per heavy atom. The van der Waals surface area contributed by atoms with Crippen molar-refractivity contribution in [2.24, 2.45) is 7.05 Å². The number of anilines is 4. The van der Waals surface area contributed by atoms with E-state index in [0.29, 0.717) is 23.1 Å². The van der Waals surface area contributed by atoms with Gasteiger partial charge in [-0.1, -0.05) is 6.58 Å². The van der Waals surface area contributed by atoms with Gasteiger partial charge in [-0.25, -0.2) is 9.97 Å². The quantitative estimate of drug-likeness (QED) is 0.271. The molecular weight excluding hydrogens is 498 g/mol. The number of hydrogen-bond acceptors (Lipinski definition) is 8. The lowest BCUT2D eigenvalue weighted by Crippen LogP contribution is -2.29. The maximum Gasteiger partial charge on any atom is 0.247 e. The normalized spacial score (nSPS) is 11.2. The van der Waals surface area contributed by atoms with Crippen LogP contribution in [0.1, 0.15) is 10.6 Å². The Kier molecular flexibility index (Phi) is 8.03. The molecule has 0 radical (unpaired) electrons. The van der Waals surface area contributed by atoms with Gasteiger partial charge in [-0.2, -0.15) is 0 Å². The predicted octanol–water partition coefficient (Wildman–Crippen LogP) is 5.19. The molecule has 2 N–H and O–H groups in total. The summed E-state index contributed by atoms with van der Waals surface area (Å²) in [6.45, 7) is 9.43. The molecule has 3 aromatic heterocycles.